The van der Waals surface area contributed by atoms with Gasteiger partial charge in [0.05, 0.1) is 6.54 Å². The molecule has 6 atom stereocenters. The SMILES string of the molecule is CC(=O)OC1C2N=NCC2C(=O)O[C@H]1[C@@H](O)C(F)c1ccccc1. The summed E-state index contributed by atoms with van der Waals surface area (Å²) >= 11 is 0. The van der Waals surface area contributed by atoms with E-state index in [1.54, 1.807) is 18.2 Å². The van der Waals surface area contributed by atoms with Gasteiger partial charge >= 0.3 is 11.9 Å². The minimum Gasteiger partial charge on any atom is -0.456 e. The molecule has 1 aromatic rings. The van der Waals surface area contributed by atoms with Crippen LogP contribution in [0.4, 0.5) is 4.39 Å². The Balaban J connectivity index is 1.86. The highest BCUT2D eigenvalue weighted by Crippen LogP contribution is 2.36. The molecular weight excluding hydrogens is 319 g/mol. The first-order valence-corrected chi connectivity index (χ1v) is 7.60. The Hall–Kier alpha value is -2.35. The Morgan fingerprint density at radius 2 is 2.12 bits per heavy atom. The number of ether oxygens (including phenoxy) is 2. The molecule has 7 nitrogen and oxygen atoms in total. The van der Waals surface area contributed by atoms with E-state index in [1.807, 2.05) is 0 Å². The third-order valence-electron chi connectivity index (χ3n) is 4.18. The van der Waals surface area contributed by atoms with Crippen molar-refractivity contribution in [3.8, 4) is 0 Å². The predicted molar refractivity (Wildman–Crippen MR) is 78.7 cm³/mol. The van der Waals surface area contributed by atoms with E-state index >= 15 is 0 Å². The van der Waals surface area contributed by atoms with Gasteiger partial charge in [0.25, 0.3) is 0 Å². The van der Waals surface area contributed by atoms with Crippen molar-refractivity contribution in [2.75, 3.05) is 6.54 Å². The second kappa shape index (κ2) is 6.64. The van der Waals surface area contributed by atoms with Crippen molar-refractivity contribution in [2.24, 2.45) is 16.1 Å². The number of nitrogens with zero attached hydrogens (tertiary/aromatic N) is 2. The van der Waals surface area contributed by atoms with Crippen molar-refractivity contribution in [3.63, 3.8) is 0 Å². The van der Waals surface area contributed by atoms with Gasteiger partial charge in [0, 0.05) is 6.92 Å². The lowest BCUT2D eigenvalue weighted by atomic mass is 9.86. The second-order valence-electron chi connectivity index (χ2n) is 5.82. The number of azo groups is 1. The molecule has 0 aliphatic carbocycles. The van der Waals surface area contributed by atoms with E-state index in [0.29, 0.717) is 0 Å². The summed E-state index contributed by atoms with van der Waals surface area (Å²) in [6, 6.07) is 7.24. The number of aliphatic hydroxyl groups is 1. The van der Waals surface area contributed by atoms with E-state index in [4.69, 9.17) is 9.47 Å². The van der Waals surface area contributed by atoms with E-state index in [9.17, 15) is 19.1 Å². The van der Waals surface area contributed by atoms with Crippen LogP contribution in [0.5, 0.6) is 0 Å². The molecule has 8 heteroatoms. The van der Waals surface area contributed by atoms with Gasteiger partial charge in [0.1, 0.15) is 18.1 Å². The quantitative estimate of drug-likeness (QED) is 0.838. The lowest BCUT2D eigenvalue weighted by Gasteiger charge is -2.38. The summed E-state index contributed by atoms with van der Waals surface area (Å²) in [5, 5.41) is 18.1. The van der Waals surface area contributed by atoms with Crippen molar-refractivity contribution >= 4 is 11.9 Å². The first-order valence-electron chi connectivity index (χ1n) is 7.60. The summed E-state index contributed by atoms with van der Waals surface area (Å²) < 4.78 is 25.0. The van der Waals surface area contributed by atoms with E-state index in [2.05, 4.69) is 10.2 Å². The van der Waals surface area contributed by atoms with Gasteiger partial charge in [-0.25, -0.2) is 4.39 Å². The summed E-state index contributed by atoms with van der Waals surface area (Å²) in [4.78, 5) is 23.4. The summed E-state index contributed by atoms with van der Waals surface area (Å²) in [6.45, 7) is 1.31. The van der Waals surface area contributed by atoms with Crippen LogP contribution in [-0.2, 0) is 19.1 Å². The minimum absolute atomic E-state index is 0.127. The number of carbonyl (C=O) groups excluding carboxylic acids is 2. The molecule has 0 spiro atoms. The molecule has 1 N–H and O–H groups in total. The van der Waals surface area contributed by atoms with Crippen LogP contribution in [0.1, 0.15) is 18.7 Å². The standard InChI is InChI=1S/C16H17FN2O5/c1-8(20)23-14-12-10(7-18-19-12)16(22)24-15(14)13(21)11(17)9-5-3-2-4-6-9/h2-6,10-15,21H,7H2,1H3/t10?,11?,12?,13-,14?,15-/m0/s1. The molecule has 0 aromatic heterocycles. The lowest BCUT2D eigenvalue weighted by Crippen LogP contribution is -2.57. The monoisotopic (exact) mass is 336 g/mol. The first kappa shape index (κ1) is 16.5. The van der Waals surface area contributed by atoms with Gasteiger partial charge in [-0.15, -0.1) is 0 Å². The second-order valence-corrected chi connectivity index (χ2v) is 5.82. The molecule has 0 amide bonds. The molecule has 0 radical (unpaired) electrons. The molecule has 1 fully saturated rings. The Kier molecular flexibility index (Phi) is 4.57. The number of carbonyl (C=O) groups is 2. The van der Waals surface area contributed by atoms with Gasteiger partial charge < -0.3 is 14.6 Å². The average Bonchev–Trinajstić information content (AvgIpc) is 3.07. The average molecular weight is 336 g/mol. The van der Waals surface area contributed by atoms with Crippen molar-refractivity contribution < 1.29 is 28.6 Å². The van der Waals surface area contributed by atoms with Gasteiger partial charge in [0.15, 0.2) is 18.4 Å². The number of cyclic esters (lactones) is 1. The minimum atomic E-state index is -1.81. The van der Waals surface area contributed by atoms with Crippen molar-refractivity contribution in [1.82, 2.24) is 0 Å². The zero-order valence-electron chi connectivity index (χ0n) is 12.9. The molecule has 24 heavy (non-hydrogen) atoms. The number of hydrogen-bond acceptors (Lipinski definition) is 7. The number of alkyl halides is 1. The van der Waals surface area contributed by atoms with Crippen LogP contribution < -0.4 is 0 Å². The molecule has 0 bridgehead atoms. The normalized spacial score (nSPS) is 31.0. The maximum Gasteiger partial charge on any atom is 0.313 e. The van der Waals surface area contributed by atoms with Crippen LogP contribution in [0.2, 0.25) is 0 Å². The summed E-state index contributed by atoms with van der Waals surface area (Å²) in [7, 11) is 0. The molecule has 2 aliphatic rings. The van der Waals surface area contributed by atoms with E-state index < -0.39 is 48.4 Å². The van der Waals surface area contributed by atoms with E-state index in [1.165, 1.54) is 19.1 Å². The van der Waals surface area contributed by atoms with Crippen LogP contribution in [0.15, 0.2) is 40.6 Å². The number of fused-ring (bicyclic) bond motifs is 1. The molecule has 4 unspecified atom stereocenters. The molecule has 128 valence electrons. The Bertz CT molecular complexity index is 653. The fourth-order valence-corrected chi connectivity index (χ4v) is 3.00. The Morgan fingerprint density at radius 3 is 2.79 bits per heavy atom. The van der Waals surface area contributed by atoms with Crippen molar-refractivity contribution in [1.29, 1.82) is 0 Å². The highest BCUT2D eigenvalue weighted by Gasteiger charge is 2.54. The summed E-state index contributed by atoms with van der Waals surface area (Å²) in [5.41, 5.74) is 0.234. The van der Waals surface area contributed by atoms with Crippen LogP contribution in [0, 0.1) is 5.92 Å². The van der Waals surface area contributed by atoms with E-state index in [0.717, 1.165) is 0 Å². The molecule has 1 saturated heterocycles. The van der Waals surface area contributed by atoms with Gasteiger partial charge in [-0.2, -0.15) is 10.2 Å². The highest BCUT2D eigenvalue weighted by atomic mass is 19.1. The zero-order valence-corrected chi connectivity index (χ0v) is 12.9. The molecule has 3 rings (SSSR count). The number of aliphatic hydroxyl groups excluding tert-OH is 1. The predicted octanol–water partition coefficient (Wildman–Crippen LogP) is 1.37. The van der Waals surface area contributed by atoms with Crippen molar-refractivity contribution in [3.05, 3.63) is 35.9 Å². The van der Waals surface area contributed by atoms with Crippen LogP contribution in [0.3, 0.4) is 0 Å². The fraction of sp³-hybridized carbons (Fsp3) is 0.500. The Labute approximate surface area is 137 Å². The molecule has 2 heterocycles. The molecule has 0 saturated carbocycles. The third-order valence-corrected chi connectivity index (χ3v) is 4.18. The zero-order chi connectivity index (χ0) is 17.3. The van der Waals surface area contributed by atoms with Crippen LogP contribution in [-0.4, -0.2) is 47.9 Å². The van der Waals surface area contributed by atoms with Gasteiger partial charge in [-0.1, -0.05) is 30.3 Å². The van der Waals surface area contributed by atoms with Gasteiger partial charge in [-0.05, 0) is 5.56 Å². The number of rotatable bonds is 4. The third kappa shape index (κ3) is 3.01. The van der Waals surface area contributed by atoms with E-state index in [-0.39, 0.29) is 12.1 Å². The van der Waals surface area contributed by atoms with Gasteiger partial charge in [-0.3, -0.25) is 9.59 Å². The maximum absolute atomic E-state index is 14.7. The highest BCUT2D eigenvalue weighted by molar-refractivity contribution is 5.76. The fourth-order valence-electron chi connectivity index (χ4n) is 3.00. The number of hydrogen-bond donors (Lipinski definition) is 1. The van der Waals surface area contributed by atoms with Gasteiger partial charge in [0.2, 0.25) is 0 Å². The molecule has 2 aliphatic heterocycles. The number of esters is 2. The number of benzene rings is 1. The molecule has 1 aromatic carbocycles. The topological polar surface area (TPSA) is 97.6 Å². The summed E-state index contributed by atoms with van der Waals surface area (Å²) in [5.74, 6) is -1.93. The lowest BCUT2D eigenvalue weighted by molar-refractivity contribution is -0.199. The summed E-state index contributed by atoms with van der Waals surface area (Å²) in [6.07, 6.45) is -5.93. The maximum atomic E-state index is 14.7. The van der Waals surface area contributed by atoms with Crippen LogP contribution in [0.25, 0.3) is 0 Å². The van der Waals surface area contributed by atoms with Crippen molar-refractivity contribution in [2.45, 2.75) is 37.4 Å². The number of halogens is 1. The van der Waals surface area contributed by atoms with Crippen LogP contribution >= 0.6 is 0 Å². The molecular formula is C16H17FN2O5. The largest absolute Gasteiger partial charge is 0.456 e. The smallest absolute Gasteiger partial charge is 0.313 e. The Morgan fingerprint density at radius 1 is 1.42 bits per heavy atom. The first-order chi connectivity index (χ1) is 11.5.